The van der Waals surface area contributed by atoms with Gasteiger partial charge in [-0.05, 0) is 49.7 Å². The molecule has 0 fully saturated rings. The van der Waals surface area contributed by atoms with Crippen molar-refractivity contribution in [2.24, 2.45) is 5.73 Å². The summed E-state index contributed by atoms with van der Waals surface area (Å²) in [6.07, 6.45) is 0.696. The van der Waals surface area contributed by atoms with E-state index >= 15 is 0 Å². The Labute approximate surface area is 137 Å². The Morgan fingerprint density at radius 2 is 2.10 bits per heavy atom. The molecule has 4 nitrogen and oxygen atoms in total. The van der Waals surface area contributed by atoms with Crippen molar-refractivity contribution in [3.05, 3.63) is 51.3 Å². The Morgan fingerprint density at radius 3 is 2.76 bits per heavy atom. The minimum atomic E-state index is -3.51. The SMILES string of the molecule is CC(NS(=O)(=O)c1ccc(CCN)s1)c1cccc(Br)c1. The maximum Gasteiger partial charge on any atom is 0.250 e. The van der Waals surface area contributed by atoms with Crippen LogP contribution in [-0.2, 0) is 16.4 Å². The van der Waals surface area contributed by atoms with Crippen LogP contribution in [0.4, 0.5) is 0 Å². The Hall–Kier alpha value is -0.730. The maximum absolute atomic E-state index is 12.4. The maximum atomic E-state index is 12.4. The largest absolute Gasteiger partial charge is 0.330 e. The van der Waals surface area contributed by atoms with E-state index in [2.05, 4.69) is 20.7 Å². The first-order valence-electron chi connectivity index (χ1n) is 6.49. The number of benzene rings is 1. The van der Waals surface area contributed by atoms with E-state index in [4.69, 9.17) is 5.73 Å². The number of nitrogens with one attached hydrogen (secondary N) is 1. The Bertz CT molecular complexity index is 713. The van der Waals surface area contributed by atoms with Gasteiger partial charge in [0.1, 0.15) is 4.21 Å². The van der Waals surface area contributed by atoms with Crippen LogP contribution in [-0.4, -0.2) is 15.0 Å². The Morgan fingerprint density at radius 1 is 1.33 bits per heavy atom. The number of sulfonamides is 1. The molecule has 7 heteroatoms. The van der Waals surface area contributed by atoms with Crippen molar-refractivity contribution in [2.45, 2.75) is 23.6 Å². The quantitative estimate of drug-likeness (QED) is 0.798. The first-order valence-corrected chi connectivity index (χ1v) is 9.58. The fourth-order valence-electron chi connectivity index (χ4n) is 1.91. The van der Waals surface area contributed by atoms with Crippen LogP contribution >= 0.6 is 27.3 Å². The number of thiophene rings is 1. The molecule has 21 heavy (non-hydrogen) atoms. The zero-order valence-electron chi connectivity index (χ0n) is 11.5. The second-order valence-corrected chi connectivity index (χ2v) is 8.68. The predicted octanol–water partition coefficient (Wildman–Crippen LogP) is 3.05. The van der Waals surface area contributed by atoms with Crippen molar-refractivity contribution in [1.82, 2.24) is 4.72 Å². The molecule has 1 aromatic carbocycles. The van der Waals surface area contributed by atoms with Gasteiger partial charge < -0.3 is 5.73 Å². The molecule has 0 aliphatic heterocycles. The average Bonchev–Trinajstić information content (AvgIpc) is 2.88. The van der Waals surface area contributed by atoms with Crippen LogP contribution in [0.5, 0.6) is 0 Å². The topological polar surface area (TPSA) is 72.2 Å². The van der Waals surface area contributed by atoms with Crippen LogP contribution in [0.25, 0.3) is 0 Å². The number of halogens is 1. The molecule has 1 atom stereocenters. The molecular formula is C14H17BrN2O2S2. The third-order valence-corrected chi connectivity index (χ3v) is 6.64. The van der Waals surface area contributed by atoms with Gasteiger partial charge in [-0.15, -0.1) is 11.3 Å². The van der Waals surface area contributed by atoms with Crippen LogP contribution < -0.4 is 10.5 Å². The lowest BCUT2D eigenvalue weighted by atomic mass is 10.1. The molecule has 1 aromatic heterocycles. The van der Waals surface area contributed by atoms with Crippen molar-refractivity contribution < 1.29 is 8.42 Å². The highest BCUT2D eigenvalue weighted by Gasteiger charge is 2.20. The van der Waals surface area contributed by atoms with E-state index < -0.39 is 10.0 Å². The second-order valence-electron chi connectivity index (χ2n) is 4.66. The Balaban J connectivity index is 2.16. The minimum absolute atomic E-state index is 0.299. The summed E-state index contributed by atoms with van der Waals surface area (Å²) in [7, 11) is -3.51. The monoisotopic (exact) mass is 388 g/mol. The lowest BCUT2D eigenvalue weighted by Gasteiger charge is -2.14. The van der Waals surface area contributed by atoms with Crippen molar-refractivity contribution in [3.63, 3.8) is 0 Å². The van der Waals surface area contributed by atoms with Crippen LogP contribution in [0.3, 0.4) is 0 Å². The van der Waals surface area contributed by atoms with Crippen LogP contribution in [0.1, 0.15) is 23.4 Å². The molecule has 114 valence electrons. The third kappa shape index (κ3) is 4.37. The zero-order valence-corrected chi connectivity index (χ0v) is 14.8. The summed E-state index contributed by atoms with van der Waals surface area (Å²) in [6, 6.07) is 10.7. The summed E-state index contributed by atoms with van der Waals surface area (Å²) in [5.41, 5.74) is 6.40. The lowest BCUT2D eigenvalue weighted by Crippen LogP contribution is -2.26. The molecule has 0 radical (unpaired) electrons. The zero-order chi connectivity index (χ0) is 15.5. The van der Waals surface area contributed by atoms with Gasteiger partial charge in [-0.25, -0.2) is 13.1 Å². The molecule has 0 saturated heterocycles. The number of hydrogen-bond acceptors (Lipinski definition) is 4. The first kappa shape index (κ1) is 16.6. The molecule has 0 aliphatic rings. The third-order valence-electron chi connectivity index (χ3n) is 2.97. The van der Waals surface area contributed by atoms with Crippen LogP contribution in [0, 0.1) is 0 Å². The molecule has 1 unspecified atom stereocenters. The summed E-state index contributed by atoms with van der Waals surface area (Å²) < 4.78 is 28.7. The molecule has 2 aromatic rings. The highest BCUT2D eigenvalue weighted by molar-refractivity contribution is 9.10. The summed E-state index contributed by atoms with van der Waals surface area (Å²) in [5, 5.41) is 0. The fourth-order valence-corrected chi connectivity index (χ4v) is 4.95. The average molecular weight is 389 g/mol. The van der Waals surface area contributed by atoms with Gasteiger partial charge in [0.05, 0.1) is 0 Å². The Kier molecular flexibility index (Phi) is 5.56. The van der Waals surface area contributed by atoms with Crippen molar-refractivity contribution in [2.75, 3.05) is 6.54 Å². The summed E-state index contributed by atoms with van der Waals surface area (Å²) in [5.74, 6) is 0. The standard InChI is InChI=1S/C14H17BrN2O2S2/c1-10(11-3-2-4-12(15)9-11)17-21(18,19)14-6-5-13(20-14)7-8-16/h2-6,9-10,17H,7-8,16H2,1H3. The van der Waals surface area contributed by atoms with Gasteiger partial charge in [-0.3, -0.25) is 0 Å². The highest BCUT2D eigenvalue weighted by atomic mass is 79.9. The molecule has 0 saturated carbocycles. The summed E-state index contributed by atoms with van der Waals surface area (Å²) >= 11 is 4.65. The van der Waals surface area contributed by atoms with E-state index in [1.165, 1.54) is 11.3 Å². The van der Waals surface area contributed by atoms with Gasteiger partial charge in [-0.2, -0.15) is 0 Å². The lowest BCUT2D eigenvalue weighted by molar-refractivity contribution is 0.569. The number of rotatable bonds is 6. The molecule has 3 N–H and O–H groups in total. The van der Waals surface area contributed by atoms with E-state index in [0.29, 0.717) is 17.2 Å². The van der Waals surface area contributed by atoms with E-state index in [-0.39, 0.29) is 6.04 Å². The van der Waals surface area contributed by atoms with Crippen LogP contribution in [0.2, 0.25) is 0 Å². The smallest absolute Gasteiger partial charge is 0.250 e. The van der Waals surface area contributed by atoms with Crippen molar-refractivity contribution in [1.29, 1.82) is 0 Å². The molecule has 0 amide bonds. The molecular weight excluding hydrogens is 372 g/mol. The van der Waals surface area contributed by atoms with Gasteiger partial charge >= 0.3 is 0 Å². The van der Waals surface area contributed by atoms with Gasteiger partial charge in [0.15, 0.2) is 0 Å². The van der Waals surface area contributed by atoms with Crippen molar-refractivity contribution in [3.8, 4) is 0 Å². The summed E-state index contributed by atoms with van der Waals surface area (Å²) in [6.45, 7) is 2.34. The molecule has 1 heterocycles. The summed E-state index contributed by atoms with van der Waals surface area (Å²) in [4.78, 5) is 0.980. The van der Waals surface area contributed by atoms with Gasteiger partial charge in [0.25, 0.3) is 10.0 Å². The predicted molar refractivity (Wildman–Crippen MR) is 90.0 cm³/mol. The number of nitrogens with two attached hydrogens (primary N) is 1. The van der Waals surface area contributed by atoms with Crippen LogP contribution in [0.15, 0.2) is 45.1 Å². The molecule has 0 bridgehead atoms. The molecule has 0 aliphatic carbocycles. The van der Waals surface area contributed by atoms with Gasteiger partial charge in [0, 0.05) is 15.4 Å². The normalized spacial score (nSPS) is 13.3. The number of hydrogen-bond donors (Lipinski definition) is 2. The van der Waals surface area contributed by atoms with E-state index in [1.54, 1.807) is 6.07 Å². The molecule has 2 rings (SSSR count). The van der Waals surface area contributed by atoms with E-state index in [9.17, 15) is 8.42 Å². The fraction of sp³-hybridized carbons (Fsp3) is 0.286. The van der Waals surface area contributed by atoms with Gasteiger partial charge in [-0.1, -0.05) is 28.1 Å². The second kappa shape index (κ2) is 7.02. The van der Waals surface area contributed by atoms with Crippen molar-refractivity contribution >= 4 is 37.3 Å². The molecule has 0 spiro atoms. The highest BCUT2D eigenvalue weighted by Crippen LogP contribution is 2.24. The van der Waals surface area contributed by atoms with Gasteiger partial charge in [0.2, 0.25) is 0 Å². The van der Waals surface area contributed by atoms with E-state index in [0.717, 1.165) is 14.9 Å². The first-order chi connectivity index (χ1) is 9.92. The minimum Gasteiger partial charge on any atom is -0.330 e. The van der Waals surface area contributed by atoms with E-state index in [1.807, 2.05) is 37.3 Å².